The number of sulfone groups is 1. The third-order valence-electron chi connectivity index (χ3n) is 4.26. The Labute approximate surface area is 175 Å². The molecule has 1 aromatic carbocycles. The molecular weight excluding hydrogens is 437 g/mol. The molecule has 31 heavy (non-hydrogen) atoms. The molecule has 0 fully saturated rings. The summed E-state index contributed by atoms with van der Waals surface area (Å²) in [5, 5.41) is 13.3. The largest absolute Gasteiger partial charge is 0.501 e. The number of rotatable bonds is 6. The van der Waals surface area contributed by atoms with Crippen molar-refractivity contribution in [1.29, 1.82) is 0 Å². The minimum atomic E-state index is -5.51. The second-order valence-corrected chi connectivity index (χ2v) is 8.97. The van der Waals surface area contributed by atoms with Crippen molar-refractivity contribution in [2.45, 2.75) is 36.8 Å². The number of aromatic nitrogens is 3. The summed E-state index contributed by atoms with van der Waals surface area (Å²) in [6.07, 6.45) is 2.75. The number of alkyl halides is 3. The number of nitrogens with zero attached hydrogens (tertiary/aromatic N) is 3. The molecule has 0 saturated heterocycles. The van der Waals surface area contributed by atoms with Crippen molar-refractivity contribution in [3.8, 4) is 11.6 Å². The number of benzene rings is 1. The zero-order valence-corrected chi connectivity index (χ0v) is 17.3. The molecule has 12 heteroatoms. The van der Waals surface area contributed by atoms with Gasteiger partial charge in [0.25, 0.3) is 9.84 Å². The van der Waals surface area contributed by atoms with Crippen LogP contribution in [0, 0.1) is 0 Å². The Bertz CT molecular complexity index is 1250. The maximum atomic E-state index is 12.7. The van der Waals surface area contributed by atoms with Crippen LogP contribution in [0.15, 0.2) is 58.5 Å². The van der Waals surface area contributed by atoms with Gasteiger partial charge in [-0.25, -0.2) is 22.8 Å². The SMILES string of the molecule is CC(C)Nc1cc(Cn2cc(O)n(-c3ccc(S(=O)(=O)C(F)(F)F)cc3)c2=O)ccn1. The van der Waals surface area contributed by atoms with Crippen LogP contribution >= 0.6 is 0 Å². The highest BCUT2D eigenvalue weighted by atomic mass is 32.2. The maximum absolute atomic E-state index is 12.7. The molecule has 2 heterocycles. The molecule has 2 aromatic heterocycles. The van der Waals surface area contributed by atoms with E-state index < -0.39 is 31.8 Å². The van der Waals surface area contributed by atoms with Crippen LogP contribution < -0.4 is 11.0 Å². The molecule has 0 bridgehead atoms. The van der Waals surface area contributed by atoms with Crippen molar-refractivity contribution >= 4 is 15.7 Å². The first-order valence-electron chi connectivity index (χ1n) is 9.04. The van der Waals surface area contributed by atoms with Gasteiger partial charge in [-0.2, -0.15) is 13.2 Å². The number of halogens is 3. The average Bonchev–Trinajstić information content (AvgIpc) is 2.94. The van der Waals surface area contributed by atoms with E-state index in [1.807, 2.05) is 13.8 Å². The summed E-state index contributed by atoms with van der Waals surface area (Å²) >= 11 is 0. The monoisotopic (exact) mass is 456 g/mol. The minimum absolute atomic E-state index is 0.0132. The predicted octanol–water partition coefficient (Wildman–Crippen LogP) is 2.90. The number of nitrogens with one attached hydrogen (secondary N) is 1. The Kier molecular flexibility index (Phi) is 5.85. The molecule has 0 radical (unpaired) electrons. The van der Waals surface area contributed by atoms with Crippen LogP contribution in [-0.4, -0.2) is 39.2 Å². The van der Waals surface area contributed by atoms with Gasteiger partial charge in [-0.15, -0.1) is 0 Å². The predicted molar refractivity (Wildman–Crippen MR) is 107 cm³/mol. The quantitative estimate of drug-likeness (QED) is 0.591. The average molecular weight is 456 g/mol. The smallest absolute Gasteiger partial charge is 0.493 e. The Hall–Kier alpha value is -3.28. The molecule has 0 saturated carbocycles. The second-order valence-electron chi connectivity index (χ2n) is 7.02. The first-order valence-corrected chi connectivity index (χ1v) is 10.5. The van der Waals surface area contributed by atoms with Gasteiger partial charge in [-0.3, -0.25) is 4.57 Å². The molecule has 2 N–H and O–H groups in total. The van der Waals surface area contributed by atoms with E-state index in [2.05, 4.69) is 10.3 Å². The van der Waals surface area contributed by atoms with E-state index in [0.29, 0.717) is 5.82 Å². The second kappa shape index (κ2) is 8.10. The molecule has 3 rings (SSSR count). The van der Waals surface area contributed by atoms with Gasteiger partial charge < -0.3 is 10.4 Å². The lowest BCUT2D eigenvalue weighted by atomic mass is 10.2. The van der Waals surface area contributed by atoms with Gasteiger partial charge in [0.05, 0.1) is 23.3 Å². The fraction of sp³-hybridized carbons (Fsp3) is 0.263. The lowest BCUT2D eigenvalue weighted by Gasteiger charge is -2.10. The van der Waals surface area contributed by atoms with E-state index in [9.17, 15) is 31.5 Å². The highest BCUT2D eigenvalue weighted by Crippen LogP contribution is 2.30. The molecule has 3 aromatic rings. The third kappa shape index (κ3) is 4.58. The number of imidazole rings is 1. The zero-order chi connectivity index (χ0) is 23.0. The van der Waals surface area contributed by atoms with Gasteiger partial charge >= 0.3 is 11.2 Å². The first kappa shape index (κ1) is 22.4. The number of hydrogen-bond donors (Lipinski definition) is 2. The Morgan fingerprint density at radius 2 is 1.81 bits per heavy atom. The van der Waals surface area contributed by atoms with E-state index in [1.165, 1.54) is 10.8 Å². The van der Waals surface area contributed by atoms with Crippen LogP contribution in [0.2, 0.25) is 0 Å². The Morgan fingerprint density at radius 1 is 1.16 bits per heavy atom. The molecule has 8 nitrogen and oxygen atoms in total. The van der Waals surface area contributed by atoms with Crippen LogP contribution in [0.25, 0.3) is 5.69 Å². The lowest BCUT2D eigenvalue weighted by Crippen LogP contribution is -2.24. The molecule has 0 aliphatic rings. The lowest BCUT2D eigenvalue weighted by molar-refractivity contribution is -0.0436. The van der Waals surface area contributed by atoms with Crippen molar-refractivity contribution in [3.05, 3.63) is 64.8 Å². The van der Waals surface area contributed by atoms with E-state index in [1.54, 1.807) is 18.3 Å². The van der Waals surface area contributed by atoms with Crippen LogP contribution in [0.4, 0.5) is 19.0 Å². The standard InChI is InChI=1S/C19H19F3N4O4S/c1-12(2)24-16-9-13(7-8-23-16)10-25-11-17(27)26(18(25)28)14-3-5-15(6-4-14)31(29,30)19(20,21)22/h3-9,11-12,27H,10H2,1-2H3,(H,23,24). The molecule has 0 aliphatic carbocycles. The topological polar surface area (TPSA) is 106 Å². The van der Waals surface area contributed by atoms with Gasteiger partial charge in [-0.05, 0) is 55.8 Å². The van der Waals surface area contributed by atoms with Crippen molar-refractivity contribution in [1.82, 2.24) is 14.1 Å². The molecule has 166 valence electrons. The number of pyridine rings is 1. The summed E-state index contributed by atoms with van der Waals surface area (Å²) in [4.78, 5) is 16.0. The molecule has 0 unspecified atom stereocenters. The fourth-order valence-corrected chi connectivity index (χ4v) is 3.65. The van der Waals surface area contributed by atoms with E-state index in [-0.39, 0.29) is 18.3 Å². The van der Waals surface area contributed by atoms with Gasteiger partial charge in [0, 0.05) is 12.2 Å². The van der Waals surface area contributed by atoms with E-state index >= 15 is 0 Å². The van der Waals surface area contributed by atoms with Crippen molar-refractivity contribution in [2.75, 3.05) is 5.32 Å². The first-order chi connectivity index (χ1) is 14.4. The third-order valence-corrected chi connectivity index (χ3v) is 5.76. The zero-order valence-electron chi connectivity index (χ0n) is 16.5. The van der Waals surface area contributed by atoms with Crippen LogP contribution in [0.5, 0.6) is 5.88 Å². The highest BCUT2D eigenvalue weighted by molar-refractivity contribution is 7.92. The highest BCUT2D eigenvalue weighted by Gasteiger charge is 2.46. The molecule has 0 amide bonds. The fourth-order valence-electron chi connectivity index (χ4n) is 2.89. The summed E-state index contributed by atoms with van der Waals surface area (Å²) in [6.45, 7) is 4.00. The minimum Gasteiger partial charge on any atom is -0.493 e. The molecule has 0 aliphatic heterocycles. The number of hydrogen-bond acceptors (Lipinski definition) is 6. The van der Waals surface area contributed by atoms with Crippen molar-refractivity contribution in [2.24, 2.45) is 0 Å². The van der Waals surface area contributed by atoms with Crippen LogP contribution in [0.1, 0.15) is 19.4 Å². The van der Waals surface area contributed by atoms with Crippen LogP contribution in [-0.2, 0) is 16.4 Å². The summed E-state index contributed by atoms with van der Waals surface area (Å²) in [7, 11) is -5.51. The van der Waals surface area contributed by atoms with Crippen molar-refractivity contribution in [3.63, 3.8) is 0 Å². The number of aromatic hydroxyl groups is 1. The summed E-state index contributed by atoms with van der Waals surface area (Å²) in [6, 6.07) is 7.09. The van der Waals surface area contributed by atoms with E-state index in [4.69, 9.17) is 0 Å². The molecule has 0 spiro atoms. The van der Waals surface area contributed by atoms with Gasteiger partial charge in [-0.1, -0.05) is 0 Å². The summed E-state index contributed by atoms with van der Waals surface area (Å²) in [5.41, 5.74) is -5.35. The number of anilines is 1. The van der Waals surface area contributed by atoms with E-state index in [0.717, 1.165) is 34.4 Å². The molecule has 0 atom stereocenters. The Morgan fingerprint density at radius 3 is 2.39 bits per heavy atom. The van der Waals surface area contributed by atoms with Gasteiger partial charge in [0.15, 0.2) is 0 Å². The van der Waals surface area contributed by atoms with Crippen LogP contribution in [0.3, 0.4) is 0 Å². The maximum Gasteiger partial charge on any atom is 0.501 e. The van der Waals surface area contributed by atoms with Crippen molar-refractivity contribution < 1.29 is 26.7 Å². The summed E-state index contributed by atoms with van der Waals surface area (Å²) in [5.74, 6) is 0.164. The normalized spacial score (nSPS) is 12.3. The Balaban J connectivity index is 1.91. The van der Waals surface area contributed by atoms with Gasteiger partial charge in [0.2, 0.25) is 5.88 Å². The summed E-state index contributed by atoms with van der Waals surface area (Å²) < 4.78 is 63.1. The molecular formula is C19H19F3N4O4S. The van der Waals surface area contributed by atoms with Gasteiger partial charge in [0.1, 0.15) is 5.82 Å².